The monoisotopic (exact) mass is 770 g/mol. The molecule has 0 unspecified atom stereocenters. The summed E-state index contributed by atoms with van der Waals surface area (Å²) in [7, 11) is 3.73. The molecule has 0 radical (unpaired) electrons. The normalized spacial score (nSPS) is 10.5. The standard InChI is InChI=1S/C12H14N2O.C8H9I2N.Pt/c1-13-7-8-14(10-13)9-11-3-5-12(15-2)6-4-11;1-7-2-4-8(5-3-7)6-11(9)10;/h3-8H,9H2,1-2H3;2-5H,6H2,1H3;. The van der Waals surface area contributed by atoms with Gasteiger partial charge in [-0.3, -0.25) is 0 Å². The smallest absolute Gasteiger partial charge is 0.0435 e. The van der Waals surface area contributed by atoms with Crippen LogP contribution in [-0.2, 0) is 39.5 Å². The number of aromatic nitrogens is 2. The Kier molecular flexibility index (Phi) is 9.76. The minimum Gasteiger partial charge on any atom is -0.184 e. The van der Waals surface area contributed by atoms with Crippen molar-refractivity contribution in [2.45, 2.75) is 20.0 Å². The summed E-state index contributed by atoms with van der Waals surface area (Å²) in [6, 6.07) is 16.8. The van der Waals surface area contributed by atoms with Gasteiger partial charge in [0.25, 0.3) is 0 Å². The van der Waals surface area contributed by atoms with Gasteiger partial charge in [-0.05, 0) is 12.5 Å². The van der Waals surface area contributed by atoms with Gasteiger partial charge in [0.2, 0.25) is 0 Å². The average molecular weight is 770 g/mol. The maximum atomic E-state index is 5.13. The first kappa shape index (κ1) is 22.8. The number of nitrogens with zero attached hydrogens (tertiary/aromatic N) is 3. The minimum absolute atomic E-state index is 0.893. The summed E-state index contributed by atoms with van der Waals surface area (Å²) >= 11 is 6.87. The first-order valence-corrected chi connectivity index (χ1v) is 11.4. The van der Waals surface area contributed by atoms with Gasteiger partial charge in [-0.15, -0.1) is 0 Å². The maximum Gasteiger partial charge on any atom is 0.0435 e. The van der Waals surface area contributed by atoms with E-state index in [9.17, 15) is 0 Å². The van der Waals surface area contributed by atoms with Crippen molar-refractivity contribution >= 4 is 45.7 Å². The van der Waals surface area contributed by atoms with E-state index in [4.69, 9.17) is 4.74 Å². The van der Waals surface area contributed by atoms with Crippen LogP contribution in [0.5, 0.6) is 5.75 Å². The van der Waals surface area contributed by atoms with E-state index in [1.807, 2.05) is 19.2 Å². The Morgan fingerprint density at radius 1 is 0.963 bits per heavy atom. The second-order valence-electron chi connectivity index (χ2n) is 6.07. The topological polar surface area (TPSA) is 22.3 Å². The zero-order valence-electron chi connectivity index (χ0n) is 15.5. The van der Waals surface area contributed by atoms with Crippen LogP contribution in [0.1, 0.15) is 16.7 Å². The molecule has 0 saturated carbocycles. The summed E-state index contributed by atoms with van der Waals surface area (Å²) in [6.07, 6.45) is 4.15. The van der Waals surface area contributed by atoms with Crippen molar-refractivity contribution in [3.8, 4) is 5.75 Å². The zero-order chi connectivity index (χ0) is 19.8. The molecule has 3 aromatic rings. The predicted molar refractivity (Wildman–Crippen MR) is 124 cm³/mol. The molecule has 0 spiro atoms. The van der Waals surface area contributed by atoms with Crippen molar-refractivity contribution in [3.63, 3.8) is 0 Å². The van der Waals surface area contributed by atoms with E-state index < -0.39 is 0 Å². The molecule has 0 aliphatic carbocycles. The van der Waals surface area contributed by atoms with Crippen molar-refractivity contribution in [1.82, 2.24) is 10.5 Å². The molecule has 0 saturated heterocycles. The number of hydrogen-bond acceptors (Lipinski definition) is 2. The van der Waals surface area contributed by atoms with E-state index in [1.54, 1.807) is 7.11 Å². The molecular weight excluding hydrogens is 747 g/mol. The third-order valence-corrected chi connectivity index (χ3v) is 6.03. The molecule has 0 amide bonds. The molecule has 4 nitrogen and oxygen atoms in total. The van der Waals surface area contributed by atoms with E-state index in [-0.39, 0.29) is 0 Å². The molecule has 0 bridgehead atoms. The van der Waals surface area contributed by atoms with Crippen LogP contribution in [0, 0.1) is 10.7 Å². The number of benzene rings is 2. The molecule has 3 rings (SSSR count). The Balaban J connectivity index is 0.000000208. The van der Waals surface area contributed by atoms with Crippen molar-refractivity contribution in [2.24, 2.45) is 7.05 Å². The molecule has 27 heavy (non-hydrogen) atoms. The summed E-state index contributed by atoms with van der Waals surface area (Å²) in [4.78, 5) is 0. The molecule has 0 atom stereocenters. The van der Waals surface area contributed by atoms with Gasteiger partial charge in [-0.2, -0.15) is 1.33 Å². The minimum atomic E-state index is 0.893. The second kappa shape index (κ2) is 11.5. The van der Waals surface area contributed by atoms with Crippen LogP contribution in [0.15, 0.2) is 60.9 Å². The molecule has 0 aliphatic rings. The third kappa shape index (κ3) is 7.83. The molecule has 0 fully saturated rings. The molecule has 148 valence electrons. The van der Waals surface area contributed by atoms with E-state index in [0.717, 1.165) is 18.8 Å². The summed E-state index contributed by atoms with van der Waals surface area (Å²) < 4.78 is 12.8. The van der Waals surface area contributed by atoms with E-state index >= 15 is 0 Å². The van der Waals surface area contributed by atoms with E-state index in [1.165, 1.54) is 20.5 Å². The van der Waals surface area contributed by atoms with Gasteiger partial charge in [0, 0.05) is 52.3 Å². The summed E-state index contributed by atoms with van der Waals surface area (Å²) in [5, 5.41) is 0. The van der Waals surface area contributed by atoms with Crippen molar-refractivity contribution in [1.29, 1.82) is 0 Å². The van der Waals surface area contributed by atoms with Gasteiger partial charge in [0.15, 0.2) is 0 Å². The summed E-state index contributed by atoms with van der Waals surface area (Å²) in [6.45, 7) is 4.00. The number of methoxy groups -OCH3 is 1. The molecule has 2 aromatic carbocycles. The van der Waals surface area contributed by atoms with Crippen LogP contribution in [0.3, 0.4) is 0 Å². The van der Waals surface area contributed by atoms with Crippen LogP contribution >= 0.6 is 45.7 Å². The Bertz CT molecular complexity index is 887. The van der Waals surface area contributed by atoms with Gasteiger partial charge in [0.1, 0.15) is 0 Å². The number of hydrogen-bond donors (Lipinski definition) is 0. The van der Waals surface area contributed by atoms with Gasteiger partial charge in [-0.25, -0.2) is 0 Å². The number of aryl methyl sites for hydroxylation is 2. The van der Waals surface area contributed by atoms with Crippen LogP contribution in [-0.4, -0.2) is 17.6 Å². The number of imidazole rings is 1. The second-order valence-corrected chi connectivity index (χ2v) is 11.3. The average Bonchev–Trinajstić information content (AvgIpc) is 2.96. The van der Waals surface area contributed by atoms with Gasteiger partial charge >= 0.3 is 106 Å². The quantitative estimate of drug-likeness (QED) is 0.255. The Morgan fingerprint density at radius 3 is 2.04 bits per heavy atom. The van der Waals surface area contributed by atoms with E-state index in [0.29, 0.717) is 0 Å². The molecule has 1 heterocycles. The molecular formula is C20H23I2N3OPt. The zero-order valence-corrected chi connectivity index (χ0v) is 22.1. The van der Waals surface area contributed by atoms with Crippen molar-refractivity contribution in [3.05, 3.63) is 81.4 Å². The molecule has 0 N–H and O–H groups in total. The fourth-order valence-corrected chi connectivity index (χ4v) is 3.68. The van der Waals surface area contributed by atoms with E-state index in [2.05, 4.69) is 131 Å². The molecule has 0 aliphatic heterocycles. The first-order chi connectivity index (χ1) is 12.9. The fourth-order valence-electron chi connectivity index (χ4n) is 2.37. The summed E-state index contributed by atoms with van der Waals surface area (Å²) in [5.74, 6) is 0.900. The molecule has 7 heteroatoms. The van der Waals surface area contributed by atoms with Crippen LogP contribution in [0.2, 0.25) is 0 Å². The number of halogens is 2. The predicted octanol–water partition coefficient (Wildman–Crippen LogP) is 5.46. The first-order valence-electron chi connectivity index (χ1n) is 8.34. The fraction of sp³-hybridized carbons (Fsp3) is 0.250. The largest absolute Gasteiger partial charge is 0.184 e. The Hall–Kier alpha value is -0.442. The maximum absolute atomic E-state index is 5.13. The number of rotatable bonds is 5. The van der Waals surface area contributed by atoms with Crippen molar-refractivity contribution in [2.75, 3.05) is 7.11 Å². The van der Waals surface area contributed by atoms with Crippen LogP contribution in [0.4, 0.5) is 0 Å². The summed E-state index contributed by atoms with van der Waals surface area (Å²) in [5.41, 5.74) is 3.96. The third-order valence-electron chi connectivity index (χ3n) is 3.89. The Morgan fingerprint density at radius 2 is 1.56 bits per heavy atom. The van der Waals surface area contributed by atoms with Crippen molar-refractivity contribution < 1.29 is 24.1 Å². The van der Waals surface area contributed by atoms with Crippen LogP contribution < -0.4 is 4.74 Å². The van der Waals surface area contributed by atoms with Gasteiger partial charge in [-0.1, -0.05) is 29.8 Å². The van der Waals surface area contributed by atoms with Gasteiger partial charge in [0.05, 0.1) is 0 Å². The van der Waals surface area contributed by atoms with Crippen LogP contribution in [0.25, 0.3) is 0 Å². The SMILES string of the molecule is COc1ccc(Cn2ccn(C)[c]2=[Pt])cc1.Cc1ccc(CN(I)I)cc1. The molecule has 1 aromatic heterocycles. The number of ether oxygens (including phenoxy) is 1. The van der Waals surface area contributed by atoms with Gasteiger partial charge < -0.3 is 0 Å². The Labute approximate surface area is 199 Å².